The highest BCUT2D eigenvalue weighted by atomic mass is 16.3. The first-order valence-corrected chi connectivity index (χ1v) is 17.8. The number of rotatable bonds is 5. The fourth-order valence-electron chi connectivity index (χ4n) is 8.81. The van der Waals surface area contributed by atoms with Gasteiger partial charge >= 0.3 is 0 Å². The Bertz CT molecular complexity index is 2920. The third-order valence-electron chi connectivity index (χ3n) is 10.9. The van der Waals surface area contributed by atoms with E-state index in [9.17, 15) is 0 Å². The standard InChI is InChI=1S/C49H31NO2/c1-4-16-32(17-5-1)49(33-18-6-2-7-19-33)40-25-13-10-23-37(40)46-41(49)31-42(47-38-24-12-15-27-44(38)52-48(46)47)50(34-20-8-3-9-21-34)35-28-29-45-39(30-35)36-22-11-14-26-43(36)51-45/h1-31H. The first-order chi connectivity index (χ1) is 25.8. The summed E-state index contributed by atoms with van der Waals surface area (Å²) in [6, 6.07) is 67.2. The van der Waals surface area contributed by atoms with Gasteiger partial charge in [0.15, 0.2) is 0 Å². The summed E-state index contributed by atoms with van der Waals surface area (Å²) in [5, 5.41) is 4.35. The second-order valence-electron chi connectivity index (χ2n) is 13.6. The van der Waals surface area contributed by atoms with Crippen LogP contribution in [-0.4, -0.2) is 0 Å². The smallest absolute Gasteiger partial charge is 0.145 e. The Morgan fingerprint density at radius 1 is 0.404 bits per heavy atom. The third kappa shape index (κ3) is 3.96. The summed E-state index contributed by atoms with van der Waals surface area (Å²) < 4.78 is 13.4. The summed E-state index contributed by atoms with van der Waals surface area (Å²) in [5.74, 6) is 0. The van der Waals surface area contributed by atoms with Crippen LogP contribution < -0.4 is 4.90 Å². The number of para-hydroxylation sites is 3. The highest BCUT2D eigenvalue weighted by Crippen LogP contribution is 2.60. The maximum Gasteiger partial charge on any atom is 0.145 e. The van der Waals surface area contributed by atoms with Crippen molar-refractivity contribution in [2.75, 3.05) is 4.90 Å². The van der Waals surface area contributed by atoms with E-state index in [-0.39, 0.29) is 0 Å². The highest BCUT2D eigenvalue weighted by Gasteiger charge is 2.48. The van der Waals surface area contributed by atoms with E-state index in [1.807, 2.05) is 12.1 Å². The maximum absolute atomic E-state index is 7.05. The summed E-state index contributed by atoms with van der Waals surface area (Å²) in [6.45, 7) is 0. The van der Waals surface area contributed by atoms with Gasteiger partial charge in [0.25, 0.3) is 0 Å². The number of furan rings is 2. The fraction of sp³-hybridized carbons (Fsp3) is 0.0204. The van der Waals surface area contributed by atoms with Crippen LogP contribution >= 0.6 is 0 Å². The molecule has 3 heteroatoms. The van der Waals surface area contributed by atoms with E-state index in [4.69, 9.17) is 8.83 Å². The van der Waals surface area contributed by atoms with Crippen LogP contribution in [0.5, 0.6) is 0 Å². The zero-order chi connectivity index (χ0) is 34.2. The molecule has 0 amide bonds. The van der Waals surface area contributed by atoms with Gasteiger partial charge in [-0.05, 0) is 76.3 Å². The summed E-state index contributed by atoms with van der Waals surface area (Å²) >= 11 is 0. The van der Waals surface area contributed by atoms with Crippen LogP contribution in [0.4, 0.5) is 17.1 Å². The number of hydrogen-bond acceptors (Lipinski definition) is 3. The fourth-order valence-corrected chi connectivity index (χ4v) is 8.81. The third-order valence-corrected chi connectivity index (χ3v) is 10.9. The Kier molecular flexibility index (Phi) is 6.17. The average Bonchev–Trinajstić information content (AvgIpc) is 3.88. The molecule has 10 aromatic rings. The van der Waals surface area contributed by atoms with E-state index < -0.39 is 5.41 Å². The molecule has 3 nitrogen and oxygen atoms in total. The van der Waals surface area contributed by atoms with Crippen LogP contribution in [0.25, 0.3) is 55.0 Å². The van der Waals surface area contributed by atoms with Gasteiger partial charge in [0.05, 0.1) is 16.5 Å². The van der Waals surface area contributed by atoms with Crippen molar-refractivity contribution in [2.24, 2.45) is 0 Å². The predicted molar refractivity (Wildman–Crippen MR) is 213 cm³/mol. The lowest BCUT2D eigenvalue weighted by Crippen LogP contribution is -2.28. The molecule has 0 N–H and O–H groups in total. The highest BCUT2D eigenvalue weighted by molar-refractivity contribution is 6.19. The van der Waals surface area contributed by atoms with Crippen molar-refractivity contribution in [3.63, 3.8) is 0 Å². The van der Waals surface area contributed by atoms with Crippen LogP contribution in [0.1, 0.15) is 22.3 Å². The van der Waals surface area contributed by atoms with Gasteiger partial charge < -0.3 is 13.7 Å². The zero-order valence-corrected chi connectivity index (χ0v) is 28.2. The second kappa shape index (κ2) is 11.1. The van der Waals surface area contributed by atoms with Gasteiger partial charge in [0, 0.05) is 33.1 Å². The van der Waals surface area contributed by atoms with Gasteiger partial charge in [0.2, 0.25) is 0 Å². The summed E-state index contributed by atoms with van der Waals surface area (Å²) in [5.41, 5.74) is 13.3. The van der Waals surface area contributed by atoms with Crippen molar-refractivity contribution in [3.05, 3.63) is 210 Å². The molecule has 11 rings (SSSR count). The molecule has 1 aliphatic rings. The lowest BCUT2D eigenvalue weighted by atomic mass is 9.67. The number of anilines is 3. The van der Waals surface area contributed by atoms with Gasteiger partial charge in [-0.1, -0.05) is 140 Å². The molecule has 2 heterocycles. The summed E-state index contributed by atoms with van der Waals surface area (Å²) in [4.78, 5) is 2.40. The van der Waals surface area contributed by atoms with Gasteiger partial charge in [-0.25, -0.2) is 0 Å². The number of nitrogens with zero attached hydrogens (tertiary/aromatic N) is 1. The Hall–Kier alpha value is -6.84. The van der Waals surface area contributed by atoms with Gasteiger partial charge in [-0.3, -0.25) is 0 Å². The van der Waals surface area contributed by atoms with E-state index >= 15 is 0 Å². The largest absolute Gasteiger partial charge is 0.456 e. The molecular formula is C49H31NO2. The van der Waals surface area contributed by atoms with Crippen LogP contribution in [-0.2, 0) is 5.41 Å². The van der Waals surface area contributed by atoms with E-state index in [2.05, 4.69) is 181 Å². The van der Waals surface area contributed by atoms with Gasteiger partial charge in [-0.2, -0.15) is 0 Å². The molecule has 0 saturated carbocycles. The SMILES string of the molecule is c1ccc(N(c2ccc3oc4ccccc4c3c2)c2cc3c(c4oc5ccccc5c24)-c2ccccc2C3(c2ccccc2)c2ccccc2)cc1. The van der Waals surface area contributed by atoms with E-state index in [1.54, 1.807) is 0 Å². The molecule has 0 unspecified atom stereocenters. The van der Waals surface area contributed by atoms with Gasteiger partial charge in [0.1, 0.15) is 22.3 Å². The van der Waals surface area contributed by atoms with Crippen molar-refractivity contribution in [2.45, 2.75) is 5.41 Å². The molecule has 0 bridgehead atoms. The lowest BCUT2D eigenvalue weighted by molar-refractivity contribution is 0.668. The Balaban J connectivity index is 1.32. The Morgan fingerprint density at radius 2 is 0.981 bits per heavy atom. The molecule has 0 radical (unpaired) electrons. The first-order valence-electron chi connectivity index (χ1n) is 17.8. The predicted octanol–water partition coefficient (Wildman–Crippen LogP) is 13.3. The number of hydrogen-bond donors (Lipinski definition) is 0. The number of benzene rings is 8. The van der Waals surface area contributed by atoms with Crippen LogP contribution in [0.3, 0.4) is 0 Å². The van der Waals surface area contributed by atoms with Crippen molar-refractivity contribution in [3.8, 4) is 11.1 Å². The lowest BCUT2D eigenvalue weighted by Gasteiger charge is -2.35. The first kappa shape index (κ1) is 28.9. The van der Waals surface area contributed by atoms with E-state index in [1.165, 1.54) is 27.8 Å². The van der Waals surface area contributed by atoms with Crippen LogP contribution in [0.15, 0.2) is 197 Å². The maximum atomic E-state index is 7.05. The topological polar surface area (TPSA) is 29.5 Å². The second-order valence-corrected chi connectivity index (χ2v) is 13.6. The van der Waals surface area contributed by atoms with E-state index in [0.717, 1.165) is 66.5 Å². The van der Waals surface area contributed by atoms with Crippen LogP contribution in [0.2, 0.25) is 0 Å². The average molecular weight is 666 g/mol. The Morgan fingerprint density at radius 3 is 1.71 bits per heavy atom. The molecule has 0 atom stereocenters. The molecule has 2 aromatic heterocycles. The zero-order valence-electron chi connectivity index (χ0n) is 28.2. The summed E-state index contributed by atoms with van der Waals surface area (Å²) in [6.07, 6.45) is 0. The molecule has 0 aliphatic heterocycles. The molecule has 0 spiro atoms. The minimum Gasteiger partial charge on any atom is -0.456 e. The van der Waals surface area contributed by atoms with Crippen LogP contribution in [0, 0.1) is 0 Å². The molecule has 1 aliphatic carbocycles. The number of fused-ring (bicyclic) bond motifs is 10. The molecule has 52 heavy (non-hydrogen) atoms. The van der Waals surface area contributed by atoms with Gasteiger partial charge in [-0.15, -0.1) is 0 Å². The Labute approximate surface area is 300 Å². The quantitative estimate of drug-likeness (QED) is 0.183. The van der Waals surface area contributed by atoms with Crippen molar-refractivity contribution >= 4 is 60.9 Å². The van der Waals surface area contributed by atoms with Crippen molar-refractivity contribution < 1.29 is 8.83 Å². The molecule has 8 aromatic carbocycles. The monoisotopic (exact) mass is 665 g/mol. The van der Waals surface area contributed by atoms with Crippen molar-refractivity contribution in [1.29, 1.82) is 0 Å². The summed E-state index contributed by atoms with van der Waals surface area (Å²) in [7, 11) is 0. The minimum absolute atomic E-state index is 0.594. The molecule has 0 saturated heterocycles. The minimum atomic E-state index is -0.594. The molecule has 244 valence electrons. The van der Waals surface area contributed by atoms with Crippen molar-refractivity contribution in [1.82, 2.24) is 0 Å². The normalized spacial score (nSPS) is 13.2. The molecular weight excluding hydrogens is 635 g/mol. The van der Waals surface area contributed by atoms with E-state index in [0.29, 0.717) is 0 Å². The molecule has 0 fully saturated rings.